The first-order chi connectivity index (χ1) is 15.5. The number of hydrogen-bond acceptors (Lipinski definition) is 5. The van der Waals surface area contributed by atoms with Gasteiger partial charge in [-0.25, -0.2) is 9.37 Å². The Labute approximate surface area is 188 Å². The van der Waals surface area contributed by atoms with Crippen molar-refractivity contribution in [1.29, 1.82) is 0 Å². The fourth-order valence-corrected chi connectivity index (χ4v) is 4.20. The third-order valence-corrected chi connectivity index (χ3v) is 5.93. The second kappa shape index (κ2) is 9.74. The molecule has 0 aliphatic rings. The van der Waals surface area contributed by atoms with Gasteiger partial charge < -0.3 is 4.90 Å². The monoisotopic (exact) mass is 448 g/mol. The lowest BCUT2D eigenvalue weighted by Gasteiger charge is -2.18. The average molecular weight is 449 g/mol. The fourth-order valence-electron chi connectivity index (χ4n) is 3.26. The number of pyridine rings is 1. The molecule has 0 spiro atoms. The molecule has 0 radical (unpaired) electrons. The molecular formula is C24H21FN4O2S. The topological polar surface area (TPSA) is 68.1 Å². The van der Waals surface area contributed by atoms with Crippen LogP contribution < -0.4 is 5.56 Å². The number of carbonyl (C=O) groups excluding carboxylic acids is 1. The van der Waals surface area contributed by atoms with Crippen LogP contribution in [-0.4, -0.2) is 38.1 Å². The van der Waals surface area contributed by atoms with Gasteiger partial charge in [-0.15, -0.1) is 0 Å². The molecule has 0 unspecified atom stereocenters. The van der Waals surface area contributed by atoms with Gasteiger partial charge in [0.05, 0.1) is 23.2 Å². The Bertz CT molecular complexity index is 1290. The molecular weight excluding hydrogens is 427 g/mol. The van der Waals surface area contributed by atoms with Crippen molar-refractivity contribution in [3.8, 4) is 0 Å². The number of nitrogens with zero attached hydrogens (tertiary/aromatic N) is 4. The highest BCUT2D eigenvalue weighted by Gasteiger charge is 2.16. The Balaban J connectivity index is 1.56. The van der Waals surface area contributed by atoms with E-state index in [1.54, 1.807) is 59.2 Å². The van der Waals surface area contributed by atoms with Crippen LogP contribution in [0.15, 0.2) is 83.0 Å². The van der Waals surface area contributed by atoms with Crippen molar-refractivity contribution in [3.63, 3.8) is 0 Å². The molecule has 0 atom stereocenters. The van der Waals surface area contributed by atoms with Crippen molar-refractivity contribution in [2.45, 2.75) is 18.2 Å². The van der Waals surface area contributed by atoms with Gasteiger partial charge in [-0.3, -0.25) is 19.1 Å². The van der Waals surface area contributed by atoms with E-state index in [2.05, 4.69) is 9.97 Å². The van der Waals surface area contributed by atoms with Crippen molar-refractivity contribution in [2.24, 2.45) is 0 Å². The summed E-state index contributed by atoms with van der Waals surface area (Å²) in [5, 5.41) is 1.00. The molecule has 32 heavy (non-hydrogen) atoms. The largest absolute Gasteiger partial charge is 0.341 e. The second-order valence-corrected chi connectivity index (χ2v) is 8.27. The van der Waals surface area contributed by atoms with Crippen molar-refractivity contribution in [1.82, 2.24) is 19.4 Å². The quantitative estimate of drug-likeness (QED) is 0.318. The first-order valence-electron chi connectivity index (χ1n) is 10.0. The lowest BCUT2D eigenvalue weighted by atomic mass is 10.2. The number of fused-ring (bicyclic) bond motifs is 1. The van der Waals surface area contributed by atoms with E-state index >= 15 is 0 Å². The highest BCUT2D eigenvalue weighted by molar-refractivity contribution is 7.99. The number of carbonyl (C=O) groups is 1. The Hall–Kier alpha value is -3.52. The maximum Gasteiger partial charge on any atom is 0.262 e. The molecule has 0 N–H and O–H groups in total. The normalized spacial score (nSPS) is 10.9. The van der Waals surface area contributed by atoms with Crippen molar-refractivity contribution in [3.05, 3.63) is 100 Å². The van der Waals surface area contributed by atoms with Crippen molar-refractivity contribution >= 4 is 28.6 Å². The minimum absolute atomic E-state index is 0.116. The zero-order chi connectivity index (χ0) is 22.5. The van der Waals surface area contributed by atoms with Crippen LogP contribution in [0.3, 0.4) is 0 Å². The zero-order valence-electron chi connectivity index (χ0n) is 17.4. The number of aromatic nitrogens is 3. The molecule has 0 saturated carbocycles. The number of para-hydroxylation sites is 1. The van der Waals surface area contributed by atoms with Gasteiger partial charge >= 0.3 is 0 Å². The van der Waals surface area contributed by atoms with E-state index in [1.165, 1.54) is 23.9 Å². The molecule has 0 saturated heterocycles. The zero-order valence-corrected chi connectivity index (χ0v) is 18.3. The summed E-state index contributed by atoms with van der Waals surface area (Å²) in [6.07, 6.45) is 3.38. The first-order valence-corrected chi connectivity index (χ1v) is 11.0. The van der Waals surface area contributed by atoms with Gasteiger partial charge in [0, 0.05) is 26.0 Å². The number of thioether (sulfide) groups is 1. The number of hydrogen-bond donors (Lipinski definition) is 0. The summed E-state index contributed by atoms with van der Waals surface area (Å²) < 4.78 is 14.7. The molecule has 1 amide bonds. The number of amides is 1. The van der Waals surface area contributed by atoms with Gasteiger partial charge in [-0.1, -0.05) is 42.1 Å². The standard InChI is InChI=1S/C24H21FN4O2S/c1-28(14-17-8-10-19(25)11-9-17)22(30)16-32-24-27-21-7-3-2-6-20(21)23(31)29(24)15-18-5-4-12-26-13-18/h2-13H,14-16H2,1H3. The van der Waals surface area contributed by atoms with E-state index in [-0.39, 0.29) is 23.0 Å². The average Bonchev–Trinajstić information content (AvgIpc) is 2.81. The van der Waals surface area contributed by atoms with E-state index in [1.807, 2.05) is 18.2 Å². The smallest absolute Gasteiger partial charge is 0.262 e. The number of halogens is 1. The molecule has 4 rings (SSSR count). The van der Waals surface area contributed by atoms with Crippen LogP contribution >= 0.6 is 11.8 Å². The van der Waals surface area contributed by atoms with Crippen molar-refractivity contribution < 1.29 is 9.18 Å². The summed E-state index contributed by atoms with van der Waals surface area (Å²) in [5.74, 6) is -0.308. The minimum atomic E-state index is -0.313. The van der Waals surface area contributed by atoms with Gasteiger partial charge in [-0.2, -0.15) is 0 Å². The van der Waals surface area contributed by atoms with Gasteiger partial charge in [-0.05, 0) is 41.5 Å². The van der Waals surface area contributed by atoms with Crippen LogP contribution in [0.25, 0.3) is 10.9 Å². The van der Waals surface area contributed by atoms with Gasteiger partial charge in [0.25, 0.3) is 5.56 Å². The Morgan fingerprint density at radius 1 is 1.06 bits per heavy atom. The lowest BCUT2D eigenvalue weighted by Crippen LogP contribution is -2.29. The highest BCUT2D eigenvalue weighted by atomic mass is 32.2. The Morgan fingerprint density at radius 3 is 2.59 bits per heavy atom. The van der Waals surface area contributed by atoms with E-state index in [0.717, 1.165) is 11.1 Å². The summed E-state index contributed by atoms with van der Waals surface area (Å²) in [5.41, 5.74) is 2.14. The Morgan fingerprint density at radius 2 is 1.84 bits per heavy atom. The molecule has 0 fully saturated rings. The van der Waals surface area contributed by atoms with Gasteiger partial charge in [0.2, 0.25) is 5.91 Å². The van der Waals surface area contributed by atoms with E-state index in [0.29, 0.717) is 29.1 Å². The predicted octanol–water partition coefficient (Wildman–Crippen LogP) is 3.73. The summed E-state index contributed by atoms with van der Waals surface area (Å²) >= 11 is 1.22. The Kier molecular flexibility index (Phi) is 6.61. The molecule has 6 nitrogen and oxygen atoms in total. The maximum atomic E-state index is 13.2. The highest BCUT2D eigenvalue weighted by Crippen LogP contribution is 2.20. The van der Waals surface area contributed by atoms with E-state index in [4.69, 9.17) is 0 Å². The maximum absolute atomic E-state index is 13.2. The number of benzene rings is 2. The molecule has 0 bridgehead atoms. The summed E-state index contributed by atoms with van der Waals surface area (Å²) in [7, 11) is 1.70. The van der Waals surface area contributed by atoms with Gasteiger partial charge in [0.1, 0.15) is 5.82 Å². The molecule has 4 aromatic rings. The number of rotatable bonds is 7. The molecule has 2 heterocycles. The predicted molar refractivity (Wildman–Crippen MR) is 123 cm³/mol. The fraction of sp³-hybridized carbons (Fsp3) is 0.167. The first kappa shape index (κ1) is 21.7. The molecule has 162 valence electrons. The van der Waals surface area contributed by atoms with Crippen molar-refractivity contribution in [2.75, 3.05) is 12.8 Å². The van der Waals surface area contributed by atoms with Crippen LogP contribution in [0, 0.1) is 5.82 Å². The second-order valence-electron chi connectivity index (χ2n) is 7.33. The van der Waals surface area contributed by atoms with Crippen LogP contribution in [0.4, 0.5) is 4.39 Å². The van der Waals surface area contributed by atoms with Gasteiger partial charge in [0.15, 0.2) is 5.16 Å². The SMILES string of the molecule is CN(Cc1ccc(F)cc1)C(=O)CSc1nc2ccccc2c(=O)n1Cc1cccnc1. The lowest BCUT2D eigenvalue weighted by molar-refractivity contribution is -0.127. The summed E-state index contributed by atoms with van der Waals surface area (Å²) in [6.45, 7) is 0.680. The molecule has 0 aliphatic carbocycles. The van der Waals surface area contributed by atoms with Crippen LogP contribution in [0.1, 0.15) is 11.1 Å². The third-order valence-electron chi connectivity index (χ3n) is 4.97. The summed E-state index contributed by atoms with van der Waals surface area (Å²) in [6, 6.07) is 16.9. The van der Waals surface area contributed by atoms with Crippen LogP contribution in [-0.2, 0) is 17.9 Å². The van der Waals surface area contributed by atoms with Crippen LogP contribution in [0.2, 0.25) is 0 Å². The molecule has 2 aromatic carbocycles. The van der Waals surface area contributed by atoms with Crippen LogP contribution in [0.5, 0.6) is 0 Å². The van der Waals surface area contributed by atoms with E-state index < -0.39 is 0 Å². The third kappa shape index (κ3) is 5.03. The molecule has 0 aliphatic heterocycles. The molecule has 8 heteroatoms. The van der Waals surface area contributed by atoms with E-state index in [9.17, 15) is 14.0 Å². The minimum Gasteiger partial charge on any atom is -0.341 e. The molecule has 2 aromatic heterocycles. The summed E-state index contributed by atoms with van der Waals surface area (Å²) in [4.78, 5) is 36.2.